The number of rotatable bonds is 7. The van der Waals surface area contributed by atoms with Crippen LogP contribution in [0.2, 0.25) is 0 Å². The third-order valence-corrected chi connectivity index (χ3v) is 4.17. The van der Waals surface area contributed by atoms with Gasteiger partial charge in [-0.15, -0.1) is 0 Å². The highest BCUT2D eigenvalue weighted by Crippen LogP contribution is 2.25. The number of amidine groups is 1. The van der Waals surface area contributed by atoms with Crippen LogP contribution in [0.15, 0.2) is 35.3 Å². The van der Waals surface area contributed by atoms with Gasteiger partial charge < -0.3 is 10.1 Å². The zero-order valence-electron chi connectivity index (χ0n) is 12.3. The first-order valence-corrected chi connectivity index (χ1v) is 8.34. The summed E-state index contributed by atoms with van der Waals surface area (Å²) in [7, 11) is 0. The molecular formula is C16H24N2OS. The van der Waals surface area contributed by atoms with E-state index >= 15 is 0 Å². The third-order valence-electron chi connectivity index (χ3n) is 3.15. The van der Waals surface area contributed by atoms with E-state index in [2.05, 4.69) is 54.5 Å². The molecule has 4 heteroatoms. The number of hydrogen-bond acceptors (Lipinski definition) is 3. The highest BCUT2D eigenvalue weighted by atomic mass is 32.2. The van der Waals surface area contributed by atoms with Crippen molar-refractivity contribution in [2.24, 2.45) is 4.99 Å². The molecule has 0 spiro atoms. The molecule has 1 atom stereocenters. The van der Waals surface area contributed by atoms with Gasteiger partial charge in [-0.3, -0.25) is 4.99 Å². The summed E-state index contributed by atoms with van der Waals surface area (Å²) in [6.07, 6.45) is 2.51. The Bertz CT molecular complexity index is 420. The minimum atomic E-state index is 0.333. The molecule has 1 aliphatic heterocycles. The summed E-state index contributed by atoms with van der Waals surface area (Å²) in [6, 6.07) is 11.0. The fourth-order valence-electron chi connectivity index (χ4n) is 2.06. The normalized spacial score (nSPS) is 20.6. The van der Waals surface area contributed by atoms with E-state index in [1.807, 2.05) is 11.8 Å². The summed E-state index contributed by atoms with van der Waals surface area (Å²) in [6.45, 7) is 5.88. The van der Waals surface area contributed by atoms with E-state index in [1.54, 1.807) is 0 Å². The fourth-order valence-corrected chi connectivity index (χ4v) is 3.07. The lowest BCUT2D eigenvalue weighted by molar-refractivity contribution is 0.0764. The van der Waals surface area contributed by atoms with Crippen molar-refractivity contribution in [1.29, 1.82) is 0 Å². The van der Waals surface area contributed by atoms with Crippen molar-refractivity contribution in [2.75, 3.05) is 18.9 Å². The highest BCUT2D eigenvalue weighted by molar-refractivity contribution is 8.14. The van der Waals surface area contributed by atoms with Gasteiger partial charge in [-0.05, 0) is 32.3 Å². The Hall–Kier alpha value is -1.00. The average molecular weight is 292 g/mol. The second-order valence-corrected chi connectivity index (χ2v) is 6.24. The summed E-state index contributed by atoms with van der Waals surface area (Å²) in [5, 5.41) is 4.58. The van der Waals surface area contributed by atoms with E-state index in [0.29, 0.717) is 12.1 Å². The maximum absolute atomic E-state index is 5.52. The van der Waals surface area contributed by atoms with Gasteiger partial charge in [0.2, 0.25) is 0 Å². The van der Waals surface area contributed by atoms with E-state index in [4.69, 9.17) is 4.74 Å². The summed E-state index contributed by atoms with van der Waals surface area (Å²) < 4.78 is 5.52. The summed E-state index contributed by atoms with van der Waals surface area (Å²) >= 11 is 1.82. The SMILES string of the molecule is CC(C)OCCCCN=C1NC(c2ccccc2)CS1. The van der Waals surface area contributed by atoms with Crippen LogP contribution in [-0.2, 0) is 4.74 Å². The van der Waals surface area contributed by atoms with Crippen molar-refractivity contribution in [1.82, 2.24) is 5.32 Å². The van der Waals surface area contributed by atoms with Crippen molar-refractivity contribution in [2.45, 2.75) is 38.8 Å². The minimum Gasteiger partial charge on any atom is -0.379 e. The molecule has 0 bridgehead atoms. The van der Waals surface area contributed by atoms with E-state index in [1.165, 1.54) is 5.56 Å². The lowest BCUT2D eigenvalue weighted by Gasteiger charge is -2.09. The zero-order chi connectivity index (χ0) is 14.2. The van der Waals surface area contributed by atoms with Gasteiger partial charge >= 0.3 is 0 Å². The molecule has 1 aliphatic rings. The molecule has 0 radical (unpaired) electrons. The summed E-state index contributed by atoms with van der Waals surface area (Å²) in [5.74, 6) is 1.07. The van der Waals surface area contributed by atoms with E-state index in [-0.39, 0.29) is 0 Å². The van der Waals surface area contributed by atoms with Crippen LogP contribution in [0.1, 0.15) is 38.3 Å². The molecule has 1 aromatic carbocycles. The summed E-state index contributed by atoms with van der Waals surface area (Å²) in [5.41, 5.74) is 1.34. The zero-order valence-corrected chi connectivity index (χ0v) is 13.2. The number of nitrogens with one attached hydrogen (secondary N) is 1. The minimum absolute atomic E-state index is 0.333. The van der Waals surface area contributed by atoms with Crippen LogP contribution in [0.5, 0.6) is 0 Å². The number of aliphatic imine (C=N–C) groups is 1. The molecule has 0 aliphatic carbocycles. The Kier molecular flexibility index (Phi) is 6.40. The predicted octanol–water partition coefficient (Wildman–Crippen LogP) is 3.63. The largest absolute Gasteiger partial charge is 0.379 e. The van der Waals surface area contributed by atoms with Crippen LogP contribution in [0.3, 0.4) is 0 Å². The lowest BCUT2D eigenvalue weighted by atomic mass is 10.1. The second-order valence-electron chi connectivity index (χ2n) is 5.23. The van der Waals surface area contributed by atoms with Crippen LogP contribution < -0.4 is 5.32 Å². The maximum Gasteiger partial charge on any atom is 0.157 e. The number of ether oxygens (including phenoxy) is 1. The molecule has 0 aromatic heterocycles. The van der Waals surface area contributed by atoms with Gasteiger partial charge in [0.25, 0.3) is 0 Å². The van der Waals surface area contributed by atoms with Crippen molar-refractivity contribution in [3.8, 4) is 0 Å². The summed E-state index contributed by atoms with van der Waals surface area (Å²) in [4.78, 5) is 4.63. The lowest BCUT2D eigenvalue weighted by Crippen LogP contribution is -2.19. The van der Waals surface area contributed by atoms with E-state index < -0.39 is 0 Å². The molecule has 1 aromatic rings. The molecule has 0 saturated carbocycles. The smallest absolute Gasteiger partial charge is 0.157 e. The van der Waals surface area contributed by atoms with Gasteiger partial charge in [0.15, 0.2) is 5.17 Å². The molecule has 110 valence electrons. The predicted molar refractivity (Wildman–Crippen MR) is 87.4 cm³/mol. The first-order chi connectivity index (χ1) is 9.75. The Balaban J connectivity index is 1.66. The molecule has 3 nitrogen and oxygen atoms in total. The average Bonchev–Trinajstić information content (AvgIpc) is 2.92. The van der Waals surface area contributed by atoms with Crippen molar-refractivity contribution >= 4 is 16.9 Å². The van der Waals surface area contributed by atoms with E-state index in [0.717, 1.165) is 36.9 Å². The number of hydrogen-bond donors (Lipinski definition) is 1. The Morgan fingerprint density at radius 1 is 1.30 bits per heavy atom. The molecule has 1 heterocycles. The monoisotopic (exact) mass is 292 g/mol. The second kappa shape index (κ2) is 8.32. The fraction of sp³-hybridized carbons (Fsp3) is 0.562. The molecule has 1 saturated heterocycles. The Morgan fingerprint density at radius 3 is 2.85 bits per heavy atom. The van der Waals surface area contributed by atoms with Gasteiger partial charge in [-0.1, -0.05) is 42.1 Å². The highest BCUT2D eigenvalue weighted by Gasteiger charge is 2.21. The van der Waals surface area contributed by atoms with Gasteiger partial charge in [0, 0.05) is 18.9 Å². The topological polar surface area (TPSA) is 33.6 Å². The number of nitrogens with zero attached hydrogens (tertiary/aromatic N) is 1. The van der Waals surface area contributed by atoms with Gasteiger partial charge in [0.05, 0.1) is 12.1 Å². The third kappa shape index (κ3) is 5.17. The van der Waals surface area contributed by atoms with Crippen LogP contribution in [0, 0.1) is 0 Å². The standard InChI is InChI=1S/C16H24N2OS/c1-13(2)19-11-7-6-10-17-16-18-15(12-20-16)14-8-4-3-5-9-14/h3-5,8-9,13,15H,6-7,10-12H2,1-2H3,(H,17,18). The Labute approximate surface area is 126 Å². The molecule has 1 unspecified atom stereocenters. The van der Waals surface area contributed by atoms with E-state index in [9.17, 15) is 0 Å². The quantitative estimate of drug-likeness (QED) is 0.779. The Morgan fingerprint density at radius 2 is 2.10 bits per heavy atom. The van der Waals surface area contributed by atoms with Crippen molar-refractivity contribution < 1.29 is 4.74 Å². The van der Waals surface area contributed by atoms with Gasteiger partial charge in [-0.2, -0.15) is 0 Å². The first kappa shape index (κ1) is 15.4. The van der Waals surface area contributed by atoms with Crippen LogP contribution in [0.4, 0.5) is 0 Å². The van der Waals surface area contributed by atoms with Crippen LogP contribution in [-0.4, -0.2) is 30.2 Å². The number of unbranched alkanes of at least 4 members (excludes halogenated alkanes) is 1. The van der Waals surface area contributed by atoms with Crippen molar-refractivity contribution in [3.05, 3.63) is 35.9 Å². The van der Waals surface area contributed by atoms with Crippen LogP contribution in [0.25, 0.3) is 0 Å². The molecule has 1 fully saturated rings. The number of benzene rings is 1. The molecule has 0 amide bonds. The molecular weight excluding hydrogens is 268 g/mol. The van der Waals surface area contributed by atoms with Crippen molar-refractivity contribution in [3.63, 3.8) is 0 Å². The maximum atomic E-state index is 5.52. The first-order valence-electron chi connectivity index (χ1n) is 7.36. The molecule has 1 N–H and O–H groups in total. The molecule has 20 heavy (non-hydrogen) atoms. The van der Waals surface area contributed by atoms with Gasteiger partial charge in [0.1, 0.15) is 0 Å². The number of thioether (sulfide) groups is 1. The van der Waals surface area contributed by atoms with Crippen LogP contribution >= 0.6 is 11.8 Å². The molecule has 2 rings (SSSR count). The van der Waals surface area contributed by atoms with Gasteiger partial charge in [-0.25, -0.2) is 0 Å².